The first-order valence-corrected chi connectivity index (χ1v) is 6.94. The maximum Gasteiger partial charge on any atom is 0.215 e. The van der Waals surface area contributed by atoms with Crippen LogP contribution < -0.4 is 4.74 Å². The number of nitrogens with one attached hydrogen (secondary N) is 1. The molecule has 0 unspecified atom stereocenters. The fourth-order valence-corrected chi connectivity index (χ4v) is 2.56. The molecule has 1 aromatic carbocycles. The Morgan fingerprint density at radius 2 is 2.19 bits per heavy atom. The van der Waals surface area contributed by atoms with Crippen LogP contribution in [0.3, 0.4) is 0 Å². The highest BCUT2D eigenvalue weighted by atomic mass is 35.5. The summed E-state index contributed by atoms with van der Waals surface area (Å²) in [5.41, 5.74) is 2.33. The minimum absolute atomic E-state index is 0.0874. The van der Waals surface area contributed by atoms with Crippen molar-refractivity contribution in [2.75, 3.05) is 7.11 Å². The van der Waals surface area contributed by atoms with Crippen molar-refractivity contribution >= 4 is 35.0 Å². The van der Waals surface area contributed by atoms with Crippen LogP contribution in [0.5, 0.6) is 5.88 Å². The summed E-state index contributed by atoms with van der Waals surface area (Å²) in [5, 5.41) is 0.0874. The zero-order chi connectivity index (χ0) is 15.0. The zero-order valence-electron chi connectivity index (χ0n) is 11.1. The third kappa shape index (κ3) is 2.64. The van der Waals surface area contributed by atoms with E-state index in [0.29, 0.717) is 22.8 Å². The van der Waals surface area contributed by atoms with Crippen molar-refractivity contribution in [2.45, 2.75) is 6.54 Å². The quantitative estimate of drug-likeness (QED) is 0.742. The third-order valence-corrected chi connectivity index (χ3v) is 3.74. The van der Waals surface area contributed by atoms with Crippen molar-refractivity contribution in [3.8, 4) is 5.88 Å². The summed E-state index contributed by atoms with van der Waals surface area (Å²) in [6, 6.07) is 8.20. The zero-order valence-corrected chi connectivity index (χ0v) is 12.6. The number of fused-ring (bicyclic) bond motifs is 1. The fourth-order valence-electron chi connectivity index (χ4n) is 2.09. The van der Waals surface area contributed by atoms with Crippen LogP contribution in [0.25, 0.3) is 11.2 Å². The van der Waals surface area contributed by atoms with Crippen LogP contribution in [0.15, 0.2) is 30.3 Å². The summed E-state index contributed by atoms with van der Waals surface area (Å²) in [6.07, 6.45) is 0. The molecule has 4 nitrogen and oxygen atoms in total. The molecule has 0 fully saturated rings. The lowest BCUT2D eigenvalue weighted by atomic mass is 10.2. The van der Waals surface area contributed by atoms with Crippen LogP contribution in [0.4, 0.5) is 4.39 Å². The van der Waals surface area contributed by atoms with E-state index in [1.165, 1.54) is 6.07 Å². The maximum atomic E-state index is 13.2. The van der Waals surface area contributed by atoms with Gasteiger partial charge in [0.2, 0.25) is 5.88 Å². The Labute approximate surface area is 130 Å². The van der Waals surface area contributed by atoms with Gasteiger partial charge in [-0.3, -0.25) is 4.57 Å². The van der Waals surface area contributed by atoms with Gasteiger partial charge in [-0.05, 0) is 36.0 Å². The molecule has 7 heteroatoms. The number of imidazole rings is 1. The number of benzene rings is 1. The Morgan fingerprint density at radius 3 is 2.90 bits per heavy atom. The number of halogens is 2. The first-order chi connectivity index (χ1) is 10.1. The first-order valence-electron chi connectivity index (χ1n) is 6.16. The van der Waals surface area contributed by atoms with Gasteiger partial charge in [0.15, 0.2) is 10.4 Å². The lowest BCUT2D eigenvalue weighted by Crippen LogP contribution is -2.01. The lowest BCUT2D eigenvalue weighted by Gasteiger charge is -2.06. The van der Waals surface area contributed by atoms with Crippen molar-refractivity contribution < 1.29 is 9.13 Å². The number of aromatic nitrogens is 3. The molecule has 1 N–H and O–H groups in total. The van der Waals surface area contributed by atoms with E-state index in [-0.39, 0.29) is 5.02 Å². The van der Waals surface area contributed by atoms with E-state index in [1.54, 1.807) is 25.3 Å². The second kappa shape index (κ2) is 5.46. The van der Waals surface area contributed by atoms with Gasteiger partial charge in [0.1, 0.15) is 5.82 Å². The molecule has 3 rings (SSSR count). The Bertz CT molecular complexity index is 874. The van der Waals surface area contributed by atoms with Crippen LogP contribution in [0.1, 0.15) is 5.56 Å². The van der Waals surface area contributed by atoms with Gasteiger partial charge >= 0.3 is 0 Å². The Kier molecular flexibility index (Phi) is 3.65. The number of hydrogen-bond donors (Lipinski definition) is 1. The van der Waals surface area contributed by atoms with Crippen LogP contribution in [0, 0.1) is 10.6 Å². The predicted molar refractivity (Wildman–Crippen MR) is 82.0 cm³/mol. The minimum atomic E-state index is -0.442. The minimum Gasteiger partial charge on any atom is -0.481 e. The summed E-state index contributed by atoms with van der Waals surface area (Å²) < 4.78 is 20.7. The van der Waals surface area contributed by atoms with Gasteiger partial charge in [-0.1, -0.05) is 17.7 Å². The SMILES string of the molecule is COc1ccc2[nH]c(=S)n(Cc3ccc(F)c(Cl)c3)c2n1. The number of aromatic amines is 1. The number of pyridine rings is 1. The second-order valence-corrected chi connectivity index (χ2v) is 5.28. The van der Waals surface area contributed by atoms with E-state index >= 15 is 0 Å². The fraction of sp³-hybridized carbons (Fsp3) is 0.143. The number of hydrogen-bond acceptors (Lipinski definition) is 3. The molecule has 0 saturated heterocycles. The first kappa shape index (κ1) is 14.0. The Balaban J connectivity index is 2.08. The standard InChI is InChI=1S/C14H11ClFN3OS/c1-20-12-5-4-11-13(18-12)19(14(21)17-11)7-8-2-3-10(16)9(15)6-8/h2-6H,7H2,1H3,(H,17,21). The molecule has 108 valence electrons. The molecule has 0 aliphatic heterocycles. The van der Waals surface area contributed by atoms with Crippen LogP contribution >= 0.6 is 23.8 Å². The summed E-state index contributed by atoms with van der Waals surface area (Å²) >= 11 is 11.1. The molecule has 0 amide bonds. The van der Waals surface area contributed by atoms with Crippen molar-refractivity contribution in [3.05, 3.63) is 51.5 Å². The number of methoxy groups -OCH3 is 1. The van der Waals surface area contributed by atoms with Gasteiger partial charge in [-0.15, -0.1) is 0 Å². The van der Waals surface area contributed by atoms with Gasteiger partial charge in [-0.2, -0.15) is 4.98 Å². The molecule has 0 atom stereocenters. The molecule has 0 aliphatic carbocycles. The summed E-state index contributed by atoms with van der Waals surface area (Å²) in [7, 11) is 1.56. The molecule has 0 saturated carbocycles. The average Bonchev–Trinajstić information content (AvgIpc) is 2.78. The normalized spacial score (nSPS) is 11.0. The summed E-state index contributed by atoms with van der Waals surface area (Å²) in [6.45, 7) is 0.443. The van der Waals surface area contributed by atoms with E-state index in [0.717, 1.165) is 11.1 Å². The van der Waals surface area contributed by atoms with E-state index in [4.69, 9.17) is 28.6 Å². The monoisotopic (exact) mass is 323 g/mol. The van der Waals surface area contributed by atoms with E-state index < -0.39 is 5.82 Å². The molecule has 2 heterocycles. The summed E-state index contributed by atoms with van der Waals surface area (Å²) in [4.78, 5) is 7.46. The van der Waals surface area contributed by atoms with Crippen molar-refractivity contribution in [1.82, 2.24) is 14.5 Å². The van der Waals surface area contributed by atoms with Gasteiger partial charge in [0.05, 0.1) is 24.2 Å². The largest absolute Gasteiger partial charge is 0.481 e. The highest BCUT2D eigenvalue weighted by molar-refractivity contribution is 7.71. The van der Waals surface area contributed by atoms with Crippen molar-refractivity contribution in [1.29, 1.82) is 0 Å². The second-order valence-electron chi connectivity index (χ2n) is 4.49. The van der Waals surface area contributed by atoms with E-state index in [9.17, 15) is 4.39 Å². The van der Waals surface area contributed by atoms with Crippen LogP contribution in [0.2, 0.25) is 5.02 Å². The van der Waals surface area contributed by atoms with Crippen molar-refractivity contribution in [3.63, 3.8) is 0 Å². The molecule has 0 spiro atoms. The molecule has 21 heavy (non-hydrogen) atoms. The van der Waals surface area contributed by atoms with Gasteiger partial charge in [-0.25, -0.2) is 4.39 Å². The van der Waals surface area contributed by atoms with Gasteiger partial charge < -0.3 is 9.72 Å². The highest BCUT2D eigenvalue weighted by Crippen LogP contribution is 2.20. The predicted octanol–water partition coefficient (Wildman–Crippen LogP) is 3.94. The average molecular weight is 324 g/mol. The number of nitrogens with zero attached hydrogens (tertiary/aromatic N) is 2. The molecular weight excluding hydrogens is 313 g/mol. The topological polar surface area (TPSA) is 42.8 Å². The summed E-state index contributed by atoms with van der Waals surface area (Å²) in [5.74, 6) is 0.0603. The maximum absolute atomic E-state index is 13.2. The Hall–Kier alpha value is -1.92. The lowest BCUT2D eigenvalue weighted by molar-refractivity contribution is 0.399. The smallest absolute Gasteiger partial charge is 0.215 e. The third-order valence-electron chi connectivity index (χ3n) is 3.13. The molecule has 0 bridgehead atoms. The number of H-pyrrole nitrogens is 1. The highest BCUT2D eigenvalue weighted by Gasteiger charge is 2.09. The molecule has 3 aromatic rings. The van der Waals surface area contributed by atoms with E-state index in [1.807, 2.05) is 10.6 Å². The molecule has 2 aromatic heterocycles. The van der Waals surface area contributed by atoms with Crippen LogP contribution in [-0.2, 0) is 6.54 Å². The van der Waals surface area contributed by atoms with Gasteiger partial charge in [0, 0.05) is 6.07 Å². The molecular formula is C14H11ClFN3OS. The van der Waals surface area contributed by atoms with Gasteiger partial charge in [0.25, 0.3) is 0 Å². The molecule has 0 radical (unpaired) electrons. The van der Waals surface area contributed by atoms with Crippen LogP contribution in [-0.4, -0.2) is 21.6 Å². The van der Waals surface area contributed by atoms with E-state index in [2.05, 4.69) is 9.97 Å². The molecule has 0 aliphatic rings. The number of ether oxygens (including phenoxy) is 1. The van der Waals surface area contributed by atoms with Crippen molar-refractivity contribution in [2.24, 2.45) is 0 Å². The Morgan fingerprint density at radius 1 is 1.38 bits per heavy atom. The number of rotatable bonds is 3.